The molecule has 112 valence electrons. The molecule has 1 aliphatic rings. The molecule has 1 fully saturated rings. The van der Waals surface area contributed by atoms with Crippen LogP contribution in [-0.2, 0) is 0 Å². The normalized spacial score (nSPS) is 18.8. The van der Waals surface area contributed by atoms with Gasteiger partial charge in [-0.05, 0) is 25.8 Å². The van der Waals surface area contributed by atoms with Crippen LogP contribution >= 0.6 is 11.3 Å². The molecule has 0 spiro atoms. The fraction of sp³-hybridized carbons (Fsp3) is 0.375. The van der Waals surface area contributed by atoms with E-state index in [1.54, 1.807) is 11.3 Å². The van der Waals surface area contributed by atoms with Gasteiger partial charge in [0.15, 0.2) is 0 Å². The number of fused-ring (bicyclic) bond motifs is 1. The fourth-order valence-corrected chi connectivity index (χ4v) is 3.78. The van der Waals surface area contributed by atoms with Crippen molar-refractivity contribution in [2.75, 3.05) is 18.0 Å². The van der Waals surface area contributed by atoms with Crippen LogP contribution in [0.3, 0.4) is 0 Å². The second kappa shape index (κ2) is 5.61. The fourth-order valence-electron chi connectivity index (χ4n) is 2.95. The van der Waals surface area contributed by atoms with Crippen LogP contribution in [0.15, 0.2) is 30.5 Å². The van der Waals surface area contributed by atoms with Crippen LogP contribution < -0.4 is 4.90 Å². The van der Waals surface area contributed by atoms with E-state index in [9.17, 15) is 0 Å². The number of aromatic nitrogens is 4. The van der Waals surface area contributed by atoms with Crippen molar-refractivity contribution in [3.05, 3.63) is 40.5 Å². The zero-order valence-corrected chi connectivity index (χ0v) is 13.3. The van der Waals surface area contributed by atoms with E-state index in [0.717, 1.165) is 46.4 Å². The maximum atomic E-state index is 4.71. The molecule has 22 heavy (non-hydrogen) atoms. The first-order valence-corrected chi connectivity index (χ1v) is 8.38. The number of piperidine rings is 1. The molecule has 3 heterocycles. The number of para-hydroxylation sites is 1. The van der Waals surface area contributed by atoms with Crippen molar-refractivity contribution in [3.8, 4) is 0 Å². The molecular formula is C16H17N5S. The van der Waals surface area contributed by atoms with Gasteiger partial charge in [-0.15, -0.1) is 21.5 Å². The van der Waals surface area contributed by atoms with Crippen LogP contribution in [0.2, 0.25) is 0 Å². The van der Waals surface area contributed by atoms with Gasteiger partial charge in [-0.3, -0.25) is 0 Å². The topological polar surface area (TPSA) is 54.8 Å². The van der Waals surface area contributed by atoms with Crippen LogP contribution in [0, 0.1) is 6.92 Å². The number of nitrogens with zero attached hydrogens (tertiary/aromatic N) is 5. The number of aryl methyl sites for hydroxylation is 1. The Hall–Kier alpha value is -2.08. The number of benzene rings is 1. The van der Waals surface area contributed by atoms with E-state index in [4.69, 9.17) is 4.98 Å². The van der Waals surface area contributed by atoms with E-state index in [2.05, 4.69) is 20.1 Å². The Morgan fingerprint density at radius 2 is 2.14 bits per heavy atom. The molecular weight excluding hydrogens is 294 g/mol. The minimum absolute atomic E-state index is 0.440. The molecule has 4 rings (SSSR count). The molecule has 1 aliphatic heterocycles. The molecule has 0 saturated carbocycles. The van der Waals surface area contributed by atoms with E-state index in [0.29, 0.717) is 5.92 Å². The molecule has 1 saturated heterocycles. The van der Waals surface area contributed by atoms with Crippen molar-refractivity contribution < 1.29 is 0 Å². The minimum Gasteiger partial charge on any atom is -0.340 e. The Bertz CT molecular complexity index is 800. The van der Waals surface area contributed by atoms with E-state index < -0.39 is 0 Å². The molecule has 0 N–H and O–H groups in total. The highest BCUT2D eigenvalue weighted by molar-refractivity contribution is 7.11. The van der Waals surface area contributed by atoms with Crippen LogP contribution in [-0.4, -0.2) is 33.3 Å². The molecule has 0 bridgehead atoms. The van der Waals surface area contributed by atoms with Gasteiger partial charge in [0, 0.05) is 30.6 Å². The van der Waals surface area contributed by atoms with E-state index in [1.165, 1.54) is 6.42 Å². The van der Waals surface area contributed by atoms with Gasteiger partial charge in [0.1, 0.15) is 10.0 Å². The summed E-state index contributed by atoms with van der Waals surface area (Å²) in [6.45, 7) is 3.94. The smallest absolute Gasteiger partial charge is 0.225 e. The van der Waals surface area contributed by atoms with Gasteiger partial charge >= 0.3 is 0 Å². The zero-order valence-electron chi connectivity index (χ0n) is 12.4. The SMILES string of the molecule is Cc1nnc(C2CCCN(c3ncc4ccccc4n3)C2)s1. The standard InChI is InChI=1S/C16H17N5S/c1-11-19-20-15(22-11)13-6-4-8-21(10-13)16-17-9-12-5-2-3-7-14(12)18-16/h2-3,5,7,9,13H,4,6,8,10H2,1H3. The summed E-state index contributed by atoms with van der Waals surface area (Å²) in [4.78, 5) is 11.5. The Labute approximate surface area is 133 Å². The van der Waals surface area contributed by atoms with Crippen molar-refractivity contribution in [3.63, 3.8) is 0 Å². The highest BCUT2D eigenvalue weighted by atomic mass is 32.1. The third-order valence-corrected chi connectivity index (χ3v) is 5.07. The second-order valence-electron chi connectivity index (χ2n) is 5.67. The quantitative estimate of drug-likeness (QED) is 0.727. The Morgan fingerprint density at radius 1 is 1.23 bits per heavy atom. The van der Waals surface area contributed by atoms with Crippen molar-refractivity contribution in [1.82, 2.24) is 20.2 Å². The van der Waals surface area contributed by atoms with Crippen LogP contribution in [0.1, 0.15) is 28.8 Å². The molecule has 0 radical (unpaired) electrons. The van der Waals surface area contributed by atoms with E-state index in [-0.39, 0.29) is 0 Å². The minimum atomic E-state index is 0.440. The molecule has 0 amide bonds. The lowest BCUT2D eigenvalue weighted by Crippen LogP contribution is -2.35. The number of anilines is 1. The molecule has 6 heteroatoms. The molecule has 0 aliphatic carbocycles. The van der Waals surface area contributed by atoms with Gasteiger partial charge in [-0.2, -0.15) is 0 Å². The van der Waals surface area contributed by atoms with Gasteiger partial charge in [-0.25, -0.2) is 9.97 Å². The maximum absolute atomic E-state index is 4.71. The van der Waals surface area contributed by atoms with Gasteiger partial charge in [-0.1, -0.05) is 18.2 Å². The molecule has 2 aromatic heterocycles. The van der Waals surface area contributed by atoms with Crippen molar-refractivity contribution in [2.45, 2.75) is 25.7 Å². The van der Waals surface area contributed by atoms with Crippen molar-refractivity contribution in [1.29, 1.82) is 0 Å². The monoisotopic (exact) mass is 311 g/mol. The summed E-state index contributed by atoms with van der Waals surface area (Å²) in [6, 6.07) is 8.11. The largest absolute Gasteiger partial charge is 0.340 e. The molecule has 1 atom stereocenters. The predicted octanol–water partition coefficient (Wildman–Crippen LogP) is 3.17. The van der Waals surface area contributed by atoms with Crippen LogP contribution in [0.25, 0.3) is 10.9 Å². The van der Waals surface area contributed by atoms with Crippen molar-refractivity contribution in [2.24, 2.45) is 0 Å². The van der Waals surface area contributed by atoms with Crippen molar-refractivity contribution >= 4 is 28.2 Å². The molecule has 1 aromatic carbocycles. The lowest BCUT2D eigenvalue weighted by Gasteiger charge is -2.31. The predicted molar refractivity (Wildman–Crippen MR) is 88.4 cm³/mol. The second-order valence-corrected chi connectivity index (χ2v) is 6.89. The summed E-state index contributed by atoms with van der Waals surface area (Å²) in [7, 11) is 0. The van der Waals surface area contributed by atoms with Gasteiger partial charge < -0.3 is 4.90 Å². The first-order valence-electron chi connectivity index (χ1n) is 7.56. The van der Waals surface area contributed by atoms with Gasteiger partial charge in [0.25, 0.3) is 0 Å². The summed E-state index contributed by atoms with van der Waals surface area (Å²) in [5.41, 5.74) is 1.00. The zero-order chi connectivity index (χ0) is 14.9. The highest BCUT2D eigenvalue weighted by Crippen LogP contribution is 2.30. The maximum Gasteiger partial charge on any atom is 0.225 e. The average molecular weight is 311 g/mol. The lowest BCUT2D eigenvalue weighted by molar-refractivity contribution is 0.500. The highest BCUT2D eigenvalue weighted by Gasteiger charge is 2.25. The summed E-state index contributed by atoms with van der Waals surface area (Å²) in [6.07, 6.45) is 4.22. The first kappa shape index (κ1) is 13.6. The van der Waals surface area contributed by atoms with Gasteiger partial charge in [0.05, 0.1) is 5.52 Å². The number of rotatable bonds is 2. The number of hydrogen-bond donors (Lipinski definition) is 0. The molecule has 3 aromatic rings. The first-order chi connectivity index (χ1) is 10.8. The van der Waals surface area contributed by atoms with E-state index >= 15 is 0 Å². The average Bonchev–Trinajstić information content (AvgIpc) is 3.01. The third-order valence-electron chi connectivity index (χ3n) is 4.07. The third kappa shape index (κ3) is 2.54. The summed E-state index contributed by atoms with van der Waals surface area (Å²) < 4.78 is 0. The van der Waals surface area contributed by atoms with Crippen LogP contribution in [0.4, 0.5) is 5.95 Å². The molecule has 1 unspecified atom stereocenters. The Balaban J connectivity index is 1.60. The van der Waals surface area contributed by atoms with Crippen LogP contribution in [0.5, 0.6) is 0 Å². The number of hydrogen-bond acceptors (Lipinski definition) is 6. The summed E-state index contributed by atoms with van der Waals surface area (Å²) >= 11 is 1.70. The Morgan fingerprint density at radius 3 is 3.00 bits per heavy atom. The Kier molecular flexibility index (Phi) is 3.46. The summed E-state index contributed by atoms with van der Waals surface area (Å²) in [5, 5.41) is 11.7. The molecule has 5 nitrogen and oxygen atoms in total. The summed E-state index contributed by atoms with van der Waals surface area (Å²) in [5.74, 6) is 1.26. The van der Waals surface area contributed by atoms with E-state index in [1.807, 2.05) is 37.4 Å². The lowest BCUT2D eigenvalue weighted by atomic mass is 9.99. The van der Waals surface area contributed by atoms with Gasteiger partial charge in [0.2, 0.25) is 5.95 Å².